The first kappa shape index (κ1) is 18.5. The van der Waals surface area contributed by atoms with Crippen molar-refractivity contribution in [1.82, 2.24) is 5.16 Å². The van der Waals surface area contributed by atoms with Gasteiger partial charge < -0.3 is 9.26 Å². The Hall–Kier alpha value is -2.30. The van der Waals surface area contributed by atoms with E-state index in [1.807, 2.05) is 19.9 Å². The summed E-state index contributed by atoms with van der Waals surface area (Å²) in [7, 11) is 0. The molecular formula is C20H17Cl2NO3. The highest BCUT2D eigenvalue weighted by molar-refractivity contribution is 6.39. The number of benzene rings is 2. The van der Waals surface area contributed by atoms with Gasteiger partial charge in [-0.2, -0.15) is 0 Å². The monoisotopic (exact) mass is 389 g/mol. The molecule has 0 aliphatic heterocycles. The largest absolute Gasteiger partial charge is 0.457 e. The van der Waals surface area contributed by atoms with Crippen molar-refractivity contribution in [1.29, 1.82) is 0 Å². The number of ether oxygens (including phenoxy) is 1. The Kier molecular flexibility index (Phi) is 5.64. The second-order valence-electron chi connectivity index (χ2n) is 6.07. The second kappa shape index (κ2) is 7.94. The molecule has 0 aliphatic carbocycles. The zero-order valence-corrected chi connectivity index (χ0v) is 15.8. The fourth-order valence-corrected chi connectivity index (χ4v) is 3.21. The molecule has 0 saturated heterocycles. The first-order valence-electron chi connectivity index (χ1n) is 8.14. The molecular weight excluding hydrogens is 373 g/mol. The molecule has 3 rings (SSSR count). The molecule has 0 radical (unpaired) electrons. The second-order valence-corrected chi connectivity index (χ2v) is 6.88. The summed E-state index contributed by atoms with van der Waals surface area (Å²) in [4.78, 5) is 12.3. The van der Waals surface area contributed by atoms with Gasteiger partial charge in [-0.15, -0.1) is 0 Å². The quantitative estimate of drug-likeness (QED) is 0.492. The molecule has 4 nitrogen and oxygen atoms in total. The smallest absolute Gasteiger partial charge is 0.338 e. The number of halogens is 2. The summed E-state index contributed by atoms with van der Waals surface area (Å²) in [6.07, 6.45) is 0. The molecule has 1 aromatic heterocycles. The van der Waals surface area contributed by atoms with Crippen molar-refractivity contribution in [3.8, 4) is 11.3 Å². The van der Waals surface area contributed by atoms with E-state index in [9.17, 15) is 4.79 Å². The summed E-state index contributed by atoms with van der Waals surface area (Å²) < 4.78 is 11.0. The van der Waals surface area contributed by atoms with Crippen LogP contribution in [0.15, 0.2) is 53.1 Å². The highest BCUT2D eigenvalue weighted by Gasteiger charge is 2.24. The van der Waals surface area contributed by atoms with Crippen molar-refractivity contribution in [2.75, 3.05) is 0 Å². The standard InChI is InChI=1S/C20H17Cl2NO3/c1-12(2)19-14(11-25-20(24)13-7-4-3-5-8-13)18(23-26-19)17-15(21)9-6-10-16(17)22/h3-10,12H,11H2,1-2H3. The van der Waals surface area contributed by atoms with Crippen LogP contribution < -0.4 is 0 Å². The third-order valence-electron chi connectivity index (χ3n) is 3.90. The van der Waals surface area contributed by atoms with E-state index in [2.05, 4.69) is 5.16 Å². The number of carbonyl (C=O) groups is 1. The Balaban J connectivity index is 1.95. The molecule has 134 valence electrons. The van der Waals surface area contributed by atoms with Crippen LogP contribution in [0, 0.1) is 0 Å². The zero-order chi connectivity index (χ0) is 18.7. The van der Waals surface area contributed by atoms with Gasteiger partial charge >= 0.3 is 5.97 Å². The summed E-state index contributed by atoms with van der Waals surface area (Å²) in [6, 6.07) is 14.0. The number of carbonyl (C=O) groups excluding carboxylic acids is 1. The van der Waals surface area contributed by atoms with Gasteiger partial charge in [-0.25, -0.2) is 4.79 Å². The van der Waals surface area contributed by atoms with Gasteiger partial charge in [-0.1, -0.05) is 66.5 Å². The van der Waals surface area contributed by atoms with Crippen LogP contribution in [0.2, 0.25) is 10.0 Å². The maximum absolute atomic E-state index is 12.3. The third kappa shape index (κ3) is 3.76. The Morgan fingerprint density at radius 1 is 1.08 bits per heavy atom. The van der Waals surface area contributed by atoms with Gasteiger partial charge in [0.15, 0.2) is 0 Å². The summed E-state index contributed by atoms with van der Waals surface area (Å²) in [5.41, 5.74) is 2.20. The minimum absolute atomic E-state index is 0.0155. The first-order valence-corrected chi connectivity index (χ1v) is 8.89. The van der Waals surface area contributed by atoms with Gasteiger partial charge in [-0.3, -0.25) is 0 Å². The zero-order valence-electron chi connectivity index (χ0n) is 14.3. The molecule has 0 aliphatic rings. The fraction of sp³-hybridized carbons (Fsp3) is 0.200. The molecule has 0 bridgehead atoms. The van der Waals surface area contributed by atoms with Crippen molar-refractivity contribution in [3.63, 3.8) is 0 Å². The Labute approximate surface area is 161 Å². The van der Waals surface area contributed by atoms with Crippen LogP contribution in [-0.4, -0.2) is 11.1 Å². The van der Waals surface area contributed by atoms with Crippen LogP contribution in [-0.2, 0) is 11.3 Å². The normalized spacial score (nSPS) is 11.0. The van der Waals surface area contributed by atoms with Crippen molar-refractivity contribution < 1.29 is 14.1 Å². The number of hydrogen-bond donors (Lipinski definition) is 0. The molecule has 0 saturated carbocycles. The first-order chi connectivity index (χ1) is 12.5. The van der Waals surface area contributed by atoms with E-state index in [0.29, 0.717) is 38.2 Å². The lowest BCUT2D eigenvalue weighted by Gasteiger charge is -2.10. The predicted molar refractivity (Wildman–Crippen MR) is 102 cm³/mol. The van der Waals surface area contributed by atoms with Crippen molar-refractivity contribution in [2.24, 2.45) is 0 Å². The predicted octanol–water partition coefficient (Wildman–Crippen LogP) is 6.13. The molecule has 2 aromatic carbocycles. The SMILES string of the molecule is CC(C)c1onc(-c2c(Cl)cccc2Cl)c1COC(=O)c1ccccc1. The topological polar surface area (TPSA) is 52.3 Å². The van der Waals surface area contributed by atoms with Crippen LogP contribution >= 0.6 is 23.2 Å². The molecule has 0 fully saturated rings. The lowest BCUT2D eigenvalue weighted by atomic mass is 10.0. The van der Waals surface area contributed by atoms with Crippen molar-refractivity contribution >= 4 is 29.2 Å². The van der Waals surface area contributed by atoms with Gasteiger partial charge in [0.2, 0.25) is 0 Å². The van der Waals surface area contributed by atoms with Gasteiger partial charge in [-0.05, 0) is 24.3 Å². The molecule has 0 N–H and O–H groups in total. The van der Waals surface area contributed by atoms with E-state index in [-0.39, 0.29) is 12.5 Å². The molecule has 26 heavy (non-hydrogen) atoms. The highest BCUT2D eigenvalue weighted by Crippen LogP contribution is 2.38. The van der Waals surface area contributed by atoms with Crippen LogP contribution in [0.3, 0.4) is 0 Å². The molecule has 0 amide bonds. The van der Waals surface area contributed by atoms with E-state index in [4.69, 9.17) is 32.5 Å². The van der Waals surface area contributed by atoms with Gasteiger partial charge in [0.05, 0.1) is 21.2 Å². The molecule has 3 aromatic rings. The molecule has 0 unspecified atom stereocenters. The maximum Gasteiger partial charge on any atom is 0.338 e. The summed E-state index contributed by atoms with van der Waals surface area (Å²) in [6.45, 7) is 3.96. The van der Waals surface area contributed by atoms with Crippen LogP contribution in [0.1, 0.15) is 41.4 Å². The van der Waals surface area contributed by atoms with E-state index < -0.39 is 5.97 Å². The van der Waals surface area contributed by atoms with Crippen molar-refractivity contribution in [3.05, 3.63) is 75.5 Å². The molecule has 1 heterocycles. The average Bonchev–Trinajstić information content (AvgIpc) is 3.04. The van der Waals surface area contributed by atoms with Gasteiger partial charge in [0.25, 0.3) is 0 Å². The van der Waals surface area contributed by atoms with Crippen LogP contribution in [0.25, 0.3) is 11.3 Å². The lowest BCUT2D eigenvalue weighted by Crippen LogP contribution is -2.07. The molecule has 0 atom stereocenters. The van der Waals surface area contributed by atoms with E-state index in [1.165, 1.54) is 0 Å². The highest BCUT2D eigenvalue weighted by atomic mass is 35.5. The minimum Gasteiger partial charge on any atom is -0.457 e. The third-order valence-corrected chi connectivity index (χ3v) is 4.53. The number of hydrogen-bond acceptors (Lipinski definition) is 4. The van der Waals surface area contributed by atoms with Crippen molar-refractivity contribution in [2.45, 2.75) is 26.4 Å². The Morgan fingerprint density at radius 2 is 1.73 bits per heavy atom. The van der Waals surface area contributed by atoms with Gasteiger partial charge in [0.1, 0.15) is 18.1 Å². The summed E-state index contributed by atoms with van der Waals surface area (Å²) >= 11 is 12.6. The summed E-state index contributed by atoms with van der Waals surface area (Å²) in [5.74, 6) is 0.275. The summed E-state index contributed by atoms with van der Waals surface area (Å²) in [5, 5.41) is 5.06. The number of nitrogens with zero attached hydrogens (tertiary/aromatic N) is 1. The number of aromatic nitrogens is 1. The van der Waals surface area contributed by atoms with Crippen LogP contribution in [0.5, 0.6) is 0 Å². The Bertz CT molecular complexity index is 900. The fourth-order valence-electron chi connectivity index (χ4n) is 2.63. The average molecular weight is 390 g/mol. The number of rotatable bonds is 5. The maximum atomic E-state index is 12.3. The molecule has 0 spiro atoms. The Morgan fingerprint density at radius 3 is 2.35 bits per heavy atom. The van der Waals surface area contributed by atoms with E-state index in [0.717, 1.165) is 0 Å². The molecule has 6 heteroatoms. The number of esters is 1. The minimum atomic E-state index is -0.419. The van der Waals surface area contributed by atoms with E-state index >= 15 is 0 Å². The van der Waals surface area contributed by atoms with Crippen LogP contribution in [0.4, 0.5) is 0 Å². The van der Waals surface area contributed by atoms with Gasteiger partial charge in [0, 0.05) is 11.5 Å². The van der Waals surface area contributed by atoms with E-state index in [1.54, 1.807) is 42.5 Å². The lowest BCUT2D eigenvalue weighted by molar-refractivity contribution is 0.0471.